The summed E-state index contributed by atoms with van der Waals surface area (Å²) in [6.45, 7) is 9.11. The van der Waals surface area contributed by atoms with Crippen LogP contribution in [0, 0.1) is 12.8 Å². The third kappa shape index (κ3) is 4.26. The van der Waals surface area contributed by atoms with Crippen molar-refractivity contribution in [2.45, 2.75) is 46.6 Å². The molecular formula is C14H25N3O. The van der Waals surface area contributed by atoms with Gasteiger partial charge in [0.2, 0.25) is 5.88 Å². The molecule has 1 unspecified atom stereocenters. The van der Waals surface area contributed by atoms with Crippen molar-refractivity contribution in [3.05, 3.63) is 17.6 Å². The minimum absolute atomic E-state index is 0.452. The van der Waals surface area contributed by atoms with Crippen molar-refractivity contribution in [2.24, 2.45) is 5.92 Å². The smallest absolute Gasteiger partial charge is 0.219 e. The molecule has 0 aliphatic carbocycles. The Morgan fingerprint density at radius 1 is 1.33 bits per heavy atom. The van der Waals surface area contributed by atoms with Gasteiger partial charge in [0.15, 0.2) is 0 Å². The molecule has 0 aromatic carbocycles. The molecule has 0 aliphatic heterocycles. The van der Waals surface area contributed by atoms with Crippen LogP contribution in [0.3, 0.4) is 0 Å². The van der Waals surface area contributed by atoms with Crippen LogP contribution in [0.25, 0.3) is 0 Å². The highest BCUT2D eigenvalue weighted by Gasteiger charge is 2.14. The molecule has 0 aliphatic rings. The first-order valence-electron chi connectivity index (χ1n) is 6.69. The summed E-state index contributed by atoms with van der Waals surface area (Å²) in [6.07, 6.45) is 3.66. The van der Waals surface area contributed by atoms with E-state index < -0.39 is 0 Å². The summed E-state index contributed by atoms with van der Waals surface area (Å²) in [6, 6.07) is 0.452. The summed E-state index contributed by atoms with van der Waals surface area (Å²) in [5.41, 5.74) is 2.14. The van der Waals surface area contributed by atoms with Crippen molar-refractivity contribution < 1.29 is 4.74 Å². The van der Waals surface area contributed by atoms with E-state index in [2.05, 4.69) is 29.1 Å². The van der Waals surface area contributed by atoms with E-state index in [1.807, 2.05) is 20.9 Å². The Morgan fingerprint density at radius 2 is 2.06 bits per heavy atom. The van der Waals surface area contributed by atoms with Crippen molar-refractivity contribution >= 4 is 0 Å². The van der Waals surface area contributed by atoms with Crippen LogP contribution in [-0.4, -0.2) is 29.7 Å². The van der Waals surface area contributed by atoms with Gasteiger partial charge in [-0.15, -0.1) is 0 Å². The highest BCUT2D eigenvalue weighted by atomic mass is 16.5. The minimum atomic E-state index is 0.452. The number of rotatable bonds is 7. The zero-order valence-corrected chi connectivity index (χ0v) is 12.2. The molecule has 1 rings (SSSR count). The highest BCUT2D eigenvalue weighted by Crippen LogP contribution is 2.19. The van der Waals surface area contributed by atoms with Crippen LogP contribution in [0.1, 0.15) is 38.4 Å². The minimum Gasteiger partial charge on any atom is -0.478 e. The van der Waals surface area contributed by atoms with E-state index in [4.69, 9.17) is 4.74 Å². The van der Waals surface area contributed by atoms with Gasteiger partial charge in [-0.2, -0.15) is 0 Å². The first kappa shape index (κ1) is 14.9. The van der Waals surface area contributed by atoms with Crippen LogP contribution in [0.15, 0.2) is 6.33 Å². The van der Waals surface area contributed by atoms with Crippen molar-refractivity contribution in [2.75, 3.05) is 13.7 Å². The lowest BCUT2D eigenvalue weighted by Crippen LogP contribution is -2.29. The first-order chi connectivity index (χ1) is 8.58. The third-order valence-corrected chi connectivity index (χ3v) is 3.03. The predicted molar refractivity (Wildman–Crippen MR) is 73.9 cm³/mol. The standard InChI is InChI=1S/C14H25N3O/c1-6-18-14-11(4)13(16-9-17-14)8-12(15-5)7-10(2)3/h9-10,12,15H,6-8H2,1-5H3. The molecule has 0 amide bonds. The topological polar surface area (TPSA) is 47.0 Å². The van der Waals surface area contributed by atoms with Crippen molar-refractivity contribution in [1.29, 1.82) is 0 Å². The third-order valence-electron chi connectivity index (χ3n) is 3.03. The molecule has 0 saturated carbocycles. The van der Waals surface area contributed by atoms with Gasteiger partial charge in [0.1, 0.15) is 6.33 Å². The van der Waals surface area contributed by atoms with Gasteiger partial charge < -0.3 is 10.1 Å². The predicted octanol–water partition coefficient (Wildman–Crippen LogP) is 2.36. The van der Waals surface area contributed by atoms with Gasteiger partial charge in [-0.05, 0) is 33.2 Å². The second-order valence-corrected chi connectivity index (χ2v) is 5.00. The number of hydrogen-bond donors (Lipinski definition) is 1. The van der Waals surface area contributed by atoms with Gasteiger partial charge in [0.05, 0.1) is 12.3 Å². The largest absolute Gasteiger partial charge is 0.478 e. The Bertz CT molecular complexity index is 366. The molecule has 0 fully saturated rings. The maximum absolute atomic E-state index is 5.50. The molecule has 1 atom stereocenters. The Hall–Kier alpha value is -1.16. The number of nitrogens with zero attached hydrogens (tertiary/aromatic N) is 2. The van der Waals surface area contributed by atoms with E-state index in [-0.39, 0.29) is 0 Å². The summed E-state index contributed by atoms with van der Waals surface area (Å²) >= 11 is 0. The Balaban J connectivity index is 2.79. The summed E-state index contributed by atoms with van der Waals surface area (Å²) in [5.74, 6) is 1.39. The lowest BCUT2D eigenvalue weighted by Gasteiger charge is -2.19. The fraction of sp³-hybridized carbons (Fsp3) is 0.714. The fourth-order valence-corrected chi connectivity index (χ4v) is 2.06. The number of hydrogen-bond acceptors (Lipinski definition) is 4. The lowest BCUT2D eigenvalue weighted by molar-refractivity contribution is 0.322. The number of nitrogens with one attached hydrogen (secondary N) is 1. The zero-order chi connectivity index (χ0) is 13.5. The maximum atomic E-state index is 5.50. The molecule has 0 bridgehead atoms. The molecule has 0 radical (unpaired) electrons. The summed E-state index contributed by atoms with van der Waals surface area (Å²) in [4.78, 5) is 8.55. The fourth-order valence-electron chi connectivity index (χ4n) is 2.06. The molecule has 1 N–H and O–H groups in total. The second-order valence-electron chi connectivity index (χ2n) is 5.00. The van der Waals surface area contributed by atoms with Crippen LogP contribution >= 0.6 is 0 Å². The van der Waals surface area contributed by atoms with Crippen LogP contribution in [0.2, 0.25) is 0 Å². The van der Waals surface area contributed by atoms with Crippen molar-refractivity contribution in [3.63, 3.8) is 0 Å². The molecule has 1 aromatic heterocycles. The number of aromatic nitrogens is 2. The molecule has 4 nitrogen and oxygen atoms in total. The molecule has 18 heavy (non-hydrogen) atoms. The molecular weight excluding hydrogens is 226 g/mol. The summed E-state index contributed by atoms with van der Waals surface area (Å²) < 4.78 is 5.50. The zero-order valence-electron chi connectivity index (χ0n) is 12.2. The quantitative estimate of drug-likeness (QED) is 0.808. The van der Waals surface area contributed by atoms with Gasteiger partial charge >= 0.3 is 0 Å². The summed E-state index contributed by atoms with van der Waals surface area (Å²) in [5, 5.41) is 3.36. The second kappa shape index (κ2) is 7.31. The van der Waals surface area contributed by atoms with Gasteiger partial charge in [-0.1, -0.05) is 13.8 Å². The average molecular weight is 251 g/mol. The van der Waals surface area contributed by atoms with E-state index in [1.165, 1.54) is 0 Å². The molecule has 1 heterocycles. The monoisotopic (exact) mass is 251 g/mol. The molecule has 0 saturated heterocycles. The molecule has 102 valence electrons. The van der Waals surface area contributed by atoms with Gasteiger partial charge in [0.25, 0.3) is 0 Å². The van der Waals surface area contributed by atoms with Gasteiger partial charge in [-0.3, -0.25) is 0 Å². The Labute approximate surface area is 110 Å². The molecule has 4 heteroatoms. The normalized spacial score (nSPS) is 12.8. The molecule has 0 spiro atoms. The van der Waals surface area contributed by atoms with Gasteiger partial charge in [-0.25, -0.2) is 9.97 Å². The molecule has 1 aromatic rings. The van der Waals surface area contributed by atoms with Crippen molar-refractivity contribution in [1.82, 2.24) is 15.3 Å². The number of ether oxygens (including phenoxy) is 1. The maximum Gasteiger partial charge on any atom is 0.219 e. The number of likely N-dealkylation sites (N-methyl/N-ethyl adjacent to an activating group) is 1. The summed E-state index contributed by atoms with van der Waals surface area (Å²) in [7, 11) is 2.01. The average Bonchev–Trinajstić information content (AvgIpc) is 2.33. The van der Waals surface area contributed by atoms with E-state index in [0.717, 1.165) is 24.1 Å². The Morgan fingerprint density at radius 3 is 2.61 bits per heavy atom. The SMILES string of the molecule is CCOc1ncnc(CC(CC(C)C)NC)c1C. The van der Waals surface area contributed by atoms with Crippen molar-refractivity contribution in [3.8, 4) is 5.88 Å². The van der Waals surface area contributed by atoms with Crippen LogP contribution in [0.4, 0.5) is 0 Å². The van der Waals surface area contributed by atoms with E-state index in [9.17, 15) is 0 Å². The highest BCUT2D eigenvalue weighted by molar-refractivity contribution is 5.28. The van der Waals surface area contributed by atoms with Crippen LogP contribution in [-0.2, 0) is 6.42 Å². The van der Waals surface area contributed by atoms with Crippen LogP contribution in [0.5, 0.6) is 5.88 Å². The van der Waals surface area contributed by atoms with Gasteiger partial charge in [0, 0.05) is 18.0 Å². The van der Waals surface area contributed by atoms with E-state index >= 15 is 0 Å². The van der Waals surface area contributed by atoms with E-state index in [1.54, 1.807) is 6.33 Å². The van der Waals surface area contributed by atoms with Crippen LogP contribution < -0.4 is 10.1 Å². The van der Waals surface area contributed by atoms with E-state index in [0.29, 0.717) is 24.4 Å². The Kier molecular flexibility index (Phi) is 6.05. The first-order valence-corrected chi connectivity index (χ1v) is 6.69. The lowest BCUT2D eigenvalue weighted by atomic mass is 9.98.